The van der Waals surface area contributed by atoms with Crippen LogP contribution < -0.4 is 16.4 Å². The molecular weight excluding hydrogens is 288 g/mol. The van der Waals surface area contributed by atoms with Crippen LogP contribution in [0.4, 0.5) is 10.7 Å². The van der Waals surface area contributed by atoms with Gasteiger partial charge in [-0.25, -0.2) is 8.42 Å². The molecule has 1 aliphatic heterocycles. The van der Waals surface area contributed by atoms with Crippen molar-refractivity contribution in [2.24, 2.45) is 5.73 Å². The maximum absolute atomic E-state index is 11.4. The number of nitrogens with zero attached hydrogens (tertiary/aromatic N) is 2. The number of nitrogens with two attached hydrogens (primary N) is 2. The number of nitrogen functional groups attached to an aromatic ring is 1. The number of thiophene rings is 1. The summed E-state index contributed by atoms with van der Waals surface area (Å²) in [5.41, 5.74) is 11.2. The molecule has 0 unspecified atom stereocenters. The molecule has 0 bridgehead atoms. The Morgan fingerprint density at radius 2 is 1.95 bits per heavy atom. The smallest absolute Gasteiger partial charge is 0.253 e. The lowest BCUT2D eigenvalue weighted by atomic mass is 10.2. The van der Waals surface area contributed by atoms with Gasteiger partial charge >= 0.3 is 0 Å². The van der Waals surface area contributed by atoms with Crippen LogP contribution in [0.3, 0.4) is 0 Å². The molecule has 1 fully saturated rings. The van der Waals surface area contributed by atoms with Crippen LogP contribution >= 0.6 is 11.3 Å². The molecular formula is C10H12N4O3S2. The predicted octanol–water partition coefficient (Wildman–Crippen LogP) is -0.464. The first-order valence-electron chi connectivity index (χ1n) is 5.43. The summed E-state index contributed by atoms with van der Waals surface area (Å²) in [6, 6.07) is 1.91. The first-order chi connectivity index (χ1) is 8.85. The van der Waals surface area contributed by atoms with Crippen molar-refractivity contribution in [3.05, 3.63) is 10.4 Å². The number of sulfone groups is 1. The third kappa shape index (κ3) is 2.50. The van der Waals surface area contributed by atoms with Gasteiger partial charge in [0.25, 0.3) is 5.91 Å². The van der Waals surface area contributed by atoms with Crippen LogP contribution in [-0.2, 0) is 9.84 Å². The monoisotopic (exact) mass is 300 g/mol. The molecule has 2 rings (SSSR count). The Kier molecular flexibility index (Phi) is 3.38. The summed E-state index contributed by atoms with van der Waals surface area (Å²) in [5, 5.41) is 9.42. The van der Waals surface area contributed by atoms with Gasteiger partial charge in [-0.2, -0.15) is 5.26 Å². The number of rotatable bonds is 2. The highest BCUT2D eigenvalue weighted by atomic mass is 32.2. The summed E-state index contributed by atoms with van der Waals surface area (Å²) in [7, 11) is -3.02. The maximum Gasteiger partial charge on any atom is 0.253 e. The van der Waals surface area contributed by atoms with E-state index in [9.17, 15) is 13.2 Å². The molecule has 19 heavy (non-hydrogen) atoms. The van der Waals surface area contributed by atoms with E-state index >= 15 is 0 Å². The molecule has 0 saturated carbocycles. The Morgan fingerprint density at radius 1 is 1.37 bits per heavy atom. The van der Waals surface area contributed by atoms with Gasteiger partial charge in [-0.1, -0.05) is 0 Å². The molecule has 1 amide bonds. The van der Waals surface area contributed by atoms with Crippen molar-refractivity contribution in [2.45, 2.75) is 0 Å². The minimum atomic E-state index is -3.02. The summed E-state index contributed by atoms with van der Waals surface area (Å²) in [5.74, 6) is -0.672. The van der Waals surface area contributed by atoms with E-state index in [1.165, 1.54) is 0 Å². The largest absolute Gasteiger partial charge is 0.396 e. The average molecular weight is 300 g/mol. The number of hydrogen-bond acceptors (Lipinski definition) is 7. The van der Waals surface area contributed by atoms with Gasteiger partial charge in [0.15, 0.2) is 9.84 Å². The topological polar surface area (TPSA) is 130 Å². The number of anilines is 2. The molecule has 1 saturated heterocycles. The molecule has 0 radical (unpaired) electrons. The second-order valence-electron chi connectivity index (χ2n) is 4.14. The standard InChI is InChI=1S/C10H12N4O3S2/c11-5-6-8(12)7(9(13)15)10(18-6)14-1-3-19(16,17)4-2-14/h1-4,12H2,(H2,13,15). The third-order valence-electron chi connectivity index (χ3n) is 2.91. The molecule has 0 aliphatic carbocycles. The normalized spacial score (nSPS) is 17.9. The van der Waals surface area contributed by atoms with Crippen LogP contribution in [0, 0.1) is 11.3 Å². The van der Waals surface area contributed by atoms with Gasteiger partial charge in [-0.3, -0.25) is 4.79 Å². The highest BCUT2D eigenvalue weighted by molar-refractivity contribution is 7.91. The van der Waals surface area contributed by atoms with E-state index < -0.39 is 15.7 Å². The highest BCUT2D eigenvalue weighted by Gasteiger charge is 2.28. The van der Waals surface area contributed by atoms with E-state index in [0.717, 1.165) is 11.3 Å². The Bertz CT molecular complexity index is 658. The van der Waals surface area contributed by atoms with Crippen LogP contribution in [0.1, 0.15) is 15.2 Å². The summed E-state index contributed by atoms with van der Waals surface area (Å²) in [4.78, 5) is 13.4. The minimum absolute atomic E-state index is 0.0187. The van der Waals surface area contributed by atoms with Crippen LogP contribution in [0.5, 0.6) is 0 Å². The van der Waals surface area contributed by atoms with Gasteiger partial charge in [0.2, 0.25) is 0 Å². The molecule has 2 heterocycles. The zero-order chi connectivity index (χ0) is 14.2. The van der Waals surface area contributed by atoms with Crippen molar-refractivity contribution in [2.75, 3.05) is 35.2 Å². The Hall–Kier alpha value is -1.79. The van der Waals surface area contributed by atoms with Gasteiger partial charge in [0.05, 0.1) is 22.8 Å². The van der Waals surface area contributed by atoms with Crippen molar-refractivity contribution >= 4 is 37.8 Å². The molecule has 4 N–H and O–H groups in total. The van der Waals surface area contributed by atoms with Crippen molar-refractivity contribution in [1.29, 1.82) is 5.26 Å². The van der Waals surface area contributed by atoms with Gasteiger partial charge in [-0.15, -0.1) is 11.3 Å². The van der Waals surface area contributed by atoms with Gasteiger partial charge in [-0.05, 0) is 0 Å². The van der Waals surface area contributed by atoms with E-state index in [1.807, 2.05) is 6.07 Å². The Morgan fingerprint density at radius 3 is 2.42 bits per heavy atom. The number of amides is 1. The zero-order valence-electron chi connectivity index (χ0n) is 9.92. The van der Waals surface area contributed by atoms with E-state index in [0.29, 0.717) is 5.00 Å². The molecule has 7 nitrogen and oxygen atoms in total. The second-order valence-corrected chi connectivity index (χ2v) is 7.44. The van der Waals surface area contributed by atoms with Crippen LogP contribution in [0.15, 0.2) is 0 Å². The summed E-state index contributed by atoms with van der Waals surface area (Å²) in [6.07, 6.45) is 0. The molecule has 9 heteroatoms. The molecule has 102 valence electrons. The van der Waals surface area contributed by atoms with Crippen LogP contribution in [0.2, 0.25) is 0 Å². The number of hydrogen-bond donors (Lipinski definition) is 2. The van der Waals surface area contributed by atoms with Crippen molar-refractivity contribution in [3.63, 3.8) is 0 Å². The lowest BCUT2D eigenvalue weighted by Gasteiger charge is -2.27. The lowest BCUT2D eigenvalue weighted by Crippen LogP contribution is -2.40. The quantitative estimate of drug-likeness (QED) is 0.759. The molecule has 0 spiro atoms. The van der Waals surface area contributed by atoms with Crippen molar-refractivity contribution in [1.82, 2.24) is 0 Å². The number of carbonyl (C=O) groups excluding carboxylic acids is 1. The average Bonchev–Trinajstić information content (AvgIpc) is 2.66. The van der Waals surface area contributed by atoms with Gasteiger partial charge in [0, 0.05) is 13.1 Å². The highest BCUT2D eigenvalue weighted by Crippen LogP contribution is 2.38. The SMILES string of the molecule is N#Cc1sc(N2CCS(=O)(=O)CC2)c(C(N)=O)c1N. The minimum Gasteiger partial charge on any atom is -0.396 e. The second kappa shape index (κ2) is 4.71. The maximum atomic E-state index is 11.4. The first-order valence-corrected chi connectivity index (χ1v) is 8.07. The van der Waals surface area contributed by atoms with Crippen molar-refractivity contribution in [3.8, 4) is 6.07 Å². The molecule has 0 atom stereocenters. The molecule has 1 aliphatic rings. The fraction of sp³-hybridized carbons (Fsp3) is 0.400. The van der Waals surface area contributed by atoms with Gasteiger partial charge in [0.1, 0.15) is 15.9 Å². The van der Waals surface area contributed by atoms with Crippen LogP contribution in [0.25, 0.3) is 0 Å². The van der Waals surface area contributed by atoms with Crippen molar-refractivity contribution < 1.29 is 13.2 Å². The Labute approximate surface area is 114 Å². The van der Waals surface area contributed by atoms with E-state index in [1.54, 1.807) is 4.90 Å². The van der Waals surface area contributed by atoms with E-state index in [4.69, 9.17) is 16.7 Å². The van der Waals surface area contributed by atoms with Gasteiger partial charge < -0.3 is 16.4 Å². The predicted molar refractivity (Wildman–Crippen MR) is 72.8 cm³/mol. The number of carbonyl (C=O) groups is 1. The molecule has 1 aromatic heterocycles. The fourth-order valence-corrected chi connectivity index (χ4v) is 4.17. The fourth-order valence-electron chi connectivity index (χ4n) is 1.89. The van der Waals surface area contributed by atoms with E-state index in [-0.39, 0.29) is 40.7 Å². The summed E-state index contributed by atoms with van der Waals surface area (Å²) in [6.45, 7) is 0.543. The first kappa shape index (κ1) is 13.6. The summed E-state index contributed by atoms with van der Waals surface area (Å²) < 4.78 is 22.8. The zero-order valence-corrected chi connectivity index (χ0v) is 11.6. The molecule has 0 aromatic carbocycles. The van der Waals surface area contributed by atoms with Crippen LogP contribution in [-0.4, -0.2) is 38.9 Å². The molecule has 1 aromatic rings. The van der Waals surface area contributed by atoms with E-state index in [2.05, 4.69) is 0 Å². The summed E-state index contributed by atoms with van der Waals surface area (Å²) >= 11 is 1.07. The number of nitriles is 1. The number of primary amides is 1. The lowest BCUT2D eigenvalue weighted by molar-refractivity contribution is 0.100. The third-order valence-corrected chi connectivity index (χ3v) is 5.69. The Balaban J connectivity index is 2.41.